The molecule has 0 spiro atoms. The van der Waals surface area contributed by atoms with Crippen LogP contribution in [0.3, 0.4) is 0 Å². The molecule has 0 atom stereocenters. The Kier molecular flexibility index (Phi) is 8.01. The predicted molar refractivity (Wildman–Crippen MR) is 109 cm³/mol. The van der Waals surface area contributed by atoms with Crippen LogP contribution in [0.1, 0.15) is 51.9 Å². The summed E-state index contributed by atoms with van der Waals surface area (Å²) in [6.45, 7) is 12.0. The molecule has 8 heteroatoms. The zero-order valence-corrected chi connectivity index (χ0v) is 17.9. The third-order valence-corrected chi connectivity index (χ3v) is 4.48. The molecule has 1 aliphatic rings. The monoisotopic (exact) mass is 377 g/mol. The average molecular weight is 377 g/mol. The second-order valence-corrected chi connectivity index (χ2v) is 6.92. The SMILES string of the molecule is CC.CNC.COC(=O)c1ccn2ncc(B3OC(C)(C)C(C)(C)O3)c2c1. The summed E-state index contributed by atoms with van der Waals surface area (Å²) in [5.74, 6) is -0.386. The van der Waals surface area contributed by atoms with Crippen molar-refractivity contribution >= 4 is 24.1 Å². The van der Waals surface area contributed by atoms with Gasteiger partial charge < -0.3 is 19.4 Å². The molecule has 2 aromatic heterocycles. The molecule has 0 radical (unpaired) electrons. The van der Waals surface area contributed by atoms with E-state index in [9.17, 15) is 4.79 Å². The van der Waals surface area contributed by atoms with Crippen LogP contribution in [0.15, 0.2) is 24.5 Å². The molecule has 1 fully saturated rings. The van der Waals surface area contributed by atoms with Crippen molar-refractivity contribution in [3.05, 3.63) is 30.1 Å². The first-order valence-electron chi connectivity index (χ1n) is 9.16. The Morgan fingerprint density at radius 3 is 2.19 bits per heavy atom. The number of methoxy groups -OCH3 is 1. The standard InChI is InChI=1S/C15H19BN2O4.C2H7N.C2H6/c1-14(2)15(3,4)22-16(21-14)11-9-17-18-7-6-10(8-12(11)18)13(19)20-5;1-3-2;1-2/h6-9H,1-5H3;3H,1-2H3;1-2H3. The van der Waals surface area contributed by atoms with Crippen molar-refractivity contribution in [1.29, 1.82) is 0 Å². The van der Waals surface area contributed by atoms with E-state index in [0.29, 0.717) is 5.56 Å². The van der Waals surface area contributed by atoms with Gasteiger partial charge in [-0.15, -0.1) is 0 Å². The minimum atomic E-state index is -0.518. The smallest absolute Gasteiger partial charge is 0.465 e. The molecule has 150 valence electrons. The Balaban J connectivity index is 0.000000665. The van der Waals surface area contributed by atoms with E-state index in [0.717, 1.165) is 11.0 Å². The van der Waals surface area contributed by atoms with Crippen LogP contribution in [0.4, 0.5) is 0 Å². The fraction of sp³-hybridized carbons (Fsp3) is 0.579. The molecule has 0 unspecified atom stereocenters. The van der Waals surface area contributed by atoms with E-state index in [1.807, 2.05) is 55.6 Å². The summed E-state index contributed by atoms with van der Waals surface area (Å²) < 4.78 is 18.6. The van der Waals surface area contributed by atoms with Crippen molar-refractivity contribution in [2.75, 3.05) is 21.2 Å². The molecule has 7 nitrogen and oxygen atoms in total. The molecular formula is C19H32BN3O4. The van der Waals surface area contributed by atoms with Crippen molar-refractivity contribution in [3.8, 4) is 0 Å². The summed E-state index contributed by atoms with van der Waals surface area (Å²) in [5, 5.41) is 7.04. The van der Waals surface area contributed by atoms with Crippen LogP contribution in [0.5, 0.6) is 0 Å². The van der Waals surface area contributed by atoms with Crippen molar-refractivity contribution in [3.63, 3.8) is 0 Å². The third kappa shape index (κ3) is 4.88. The first-order chi connectivity index (χ1) is 12.7. The highest BCUT2D eigenvalue weighted by Gasteiger charge is 2.52. The summed E-state index contributed by atoms with van der Waals surface area (Å²) >= 11 is 0. The maximum atomic E-state index is 11.7. The van der Waals surface area contributed by atoms with Crippen LogP contribution in [0.2, 0.25) is 0 Å². The third-order valence-electron chi connectivity index (χ3n) is 4.48. The normalized spacial score (nSPS) is 16.9. The van der Waals surface area contributed by atoms with E-state index in [4.69, 9.17) is 14.0 Å². The molecule has 1 aliphatic heterocycles. The highest BCUT2D eigenvalue weighted by Crippen LogP contribution is 2.36. The van der Waals surface area contributed by atoms with Gasteiger partial charge in [0, 0.05) is 17.9 Å². The summed E-state index contributed by atoms with van der Waals surface area (Å²) in [4.78, 5) is 11.7. The Bertz CT molecular complexity index is 742. The number of aromatic nitrogens is 2. The topological polar surface area (TPSA) is 74.1 Å². The number of carbonyl (C=O) groups is 1. The zero-order chi connectivity index (χ0) is 20.8. The van der Waals surface area contributed by atoms with E-state index in [-0.39, 0.29) is 5.97 Å². The second kappa shape index (κ2) is 9.35. The first-order valence-corrected chi connectivity index (χ1v) is 9.16. The van der Waals surface area contributed by atoms with Crippen LogP contribution in [0, 0.1) is 0 Å². The summed E-state index contributed by atoms with van der Waals surface area (Å²) in [5.41, 5.74) is 1.18. The lowest BCUT2D eigenvalue weighted by molar-refractivity contribution is 0.00578. The van der Waals surface area contributed by atoms with Gasteiger partial charge in [-0.05, 0) is 53.9 Å². The van der Waals surface area contributed by atoms with E-state index in [1.165, 1.54) is 7.11 Å². The van der Waals surface area contributed by atoms with Crippen molar-refractivity contribution < 1.29 is 18.8 Å². The number of rotatable bonds is 2. The fourth-order valence-electron chi connectivity index (χ4n) is 2.40. The lowest BCUT2D eigenvalue weighted by Gasteiger charge is -2.32. The van der Waals surface area contributed by atoms with Gasteiger partial charge in [-0.25, -0.2) is 9.31 Å². The minimum Gasteiger partial charge on any atom is -0.465 e. The fourth-order valence-corrected chi connectivity index (χ4v) is 2.40. The maximum Gasteiger partial charge on any atom is 0.498 e. The van der Waals surface area contributed by atoms with E-state index in [2.05, 4.69) is 10.4 Å². The highest BCUT2D eigenvalue weighted by atomic mass is 16.7. The van der Waals surface area contributed by atoms with Gasteiger partial charge in [0.15, 0.2) is 0 Å². The van der Waals surface area contributed by atoms with Crippen molar-refractivity contribution in [2.24, 2.45) is 0 Å². The van der Waals surface area contributed by atoms with Gasteiger partial charge in [0.25, 0.3) is 0 Å². The van der Waals surface area contributed by atoms with Crippen LogP contribution in [-0.4, -0.2) is 55.1 Å². The number of carbonyl (C=O) groups excluding carboxylic acids is 1. The van der Waals surface area contributed by atoms with E-state index < -0.39 is 18.3 Å². The van der Waals surface area contributed by atoms with Gasteiger partial charge in [0.05, 0.1) is 29.4 Å². The number of fused-ring (bicyclic) bond motifs is 1. The quantitative estimate of drug-likeness (QED) is 0.640. The lowest BCUT2D eigenvalue weighted by atomic mass is 9.80. The number of ether oxygens (including phenoxy) is 1. The number of hydrogen-bond acceptors (Lipinski definition) is 6. The Morgan fingerprint density at radius 1 is 1.19 bits per heavy atom. The molecule has 2 aromatic rings. The Morgan fingerprint density at radius 2 is 1.70 bits per heavy atom. The largest absolute Gasteiger partial charge is 0.498 e. The van der Waals surface area contributed by atoms with Gasteiger partial charge in [0.1, 0.15) is 0 Å². The highest BCUT2D eigenvalue weighted by molar-refractivity contribution is 6.64. The van der Waals surface area contributed by atoms with E-state index in [1.54, 1.807) is 29.0 Å². The van der Waals surface area contributed by atoms with Gasteiger partial charge in [-0.2, -0.15) is 5.10 Å². The van der Waals surface area contributed by atoms with Crippen molar-refractivity contribution in [1.82, 2.24) is 14.9 Å². The van der Waals surface area contributed by atoms with Crippen molar-refractivity contribution in [2.45, 2.75) is 52.7 Å². The molecule has 1 saturated heterocycles. The van der Waals surface area contributed by atoms with E-state index >= 15 is 0 Å². The van der Waals surface area contributed by atoms with Gasteiger partial charge >= 0.3 is 13.1 Å². The molecule has 0 aromatic carbocycles. The molecule has 0 bridgehead atoms. The molecule has 0 saturated carbocycles. The second-order valence-electron chi connectivity index (χ2n) is 6.92. The molecular weight excluding hydrogens is 345 g/mol. The average Bonchev–Trinajstić information content (AvgIpc) is 3.14. The molecule has 0 amide bonds. The number of pyridine rings is 1. The lowest BCUT2D eigenvalue weighted by Crippen LogP contribution is -2.41. The molecule has 3 rings (SSSR count). The Hall–Kier alpha value is -1.90. The summed E-state index contributed by atoms with van der Waals surface area (Å²) in [7, 11) is 4.59. The predicted octanol–water partition coefficient (Wildman–Crippen LogP) is 2.28. The molecule has 27 heavy (non-hydrogen) atoms. The Labute approximate surface area is 162 Å². The number of nitrogens with one attached hydrogen (secondary N) is 1. The van der Waals surface area contributed by atoms with Crippen LogP contribution < -0.4 is 10.8 Å². The van der Waals surface area contributed by atoms with Gasteiger partial charge in [-0.3, -0.25) is 0 Å². The number of hydrogen-bond donors (Lipinski definition) is 1. The van der Waals surface area contributed by atoms with Gasteiger partial charge in [0.2, 0.25) is 0 Å². The first kappa shape index (κ1) is 23.1. The maximum absolute atomic E-state index is 11.7. The molecule has 0 aliphatic carbocycles. The van der Waals surface area contributed by atoms with Crippen LogP contribution >= 0.6 is 0 Å². The van der Waals surface area contributed by atoms with Crippen LogP contribution in [-0.2, 0) is 14.0 Å². The summed E-state index contributed by atoms with van der Waals surface area (Å²) in [6, 6.07) is 3.40. The zero-order valence-electron chi connectivity index (χ0n) is 17.9. The number of esters is 1. The molecule has 1 N–H and O–H groups in total. The summed E-state index contributed by atoms with van der Waals surface area (Å²) in [6.07, 6.45) is 3.43. The number of nitrogens with zero attached hydrogens (tertiary/aromatic N) is 2. The van der Waals surface area contributed by atoms with Crippen LogP contribution in [0.25, 0.3) is 5.52 Å². The molecule has 3 heterocycles. The minimum absolute atomic E-state index is 0.386. The van der Waals surface area contributed by atoms with Gasteiger partial charge in [-0.1, -0.05) is 13.8 Å².